The summed E-state index contributed by atoms with van der Waals surface area (Å²) in [6.07, 6.45) is 4.47. The number of ether oxygens (including phenoxy) is 1. The second-order valence-corrected chi connectivity index (χ2v) is 5.85. The van der Waals surface area contributed by atoms with Crippen LogP contribution < -0.4 is 10.1 Å². The van der Waals surface area contributed by atoms with Gasteiger partial charge in [0, 0.05) is 25.9 Å². The van der Waals surface area contributed by atoms with Crippen LogP contribution in [0.4, 0.5) is 0 Å². The Morgan fingerprint density at radius 3 is 2.75 bits per heavy atom. The zero-order valence-corrected chi connectivity index (χ0v) is 15.1. The third-order valence-corrected chi connectivity index (χ3v) is 4.00. The van der Waals surface area contributed by atoms with Gasteiger partial charge in [-0.25, -0.2) is 4.98 Å². The van der Waals surface area contributed by atoms with Crippen molar-refractivity contribution in [3.05, 3.63) is 40.3 Å². The average molecular weight is 351 g/mol. The zero-order chi connectivity index (χ0) is 17.5. The topological polar surface area (TPSA) is 69.0 Å². The predicted molar refractivity (Wildman–Crippen MR) is 93.4 cm³/mol. The van der Waals surface area contributed by atoms with Gasteiger partial charge in [-0.2, -0.15) is 5.10 Å². The minimum absolute atomic E-state index is 0.252. The summed E-state index contributed by atoms with van der Waals surface area (Å²) in [4.78, 5) is 16.6. The Balaban J connectivity index is 1.93. The molecule has 2 aromatic heterocycles. The molecule has 2 heterocycles. The van der Waals surface area contributed by atoms with Crippen LogP contribution in [0.5, 0.6) is 5.88 Å². The maximum atomic E-state index is 12.3. The fourth-order valence-corrected chi connectivity index (χ4v) is 2.59. The normalized spacial score (nSPS) is 10.7. The molecule has 0 unspecified atom stereocenters. The second kappa shape index (κ2) is 8.68. The Morgan fingerprint density at radius 2 is 2.17 bits per heavy atom. The average Bonchev–Trinajstić information content (AvgIpc) is 2.88. The number of hydrogen-bond acceptors (Lipinski definition) is 4. The van der Waals surface area contributed by atoms with E-state index in [-0.39, 0.29) is 5.91 Å². The predicted octanol–water partition coefficient (Wildman–Crippen LogP) is 3.14. The Labute approximate surface area is 147 Å². The fourth-order valence-electron chi connectivity index (χ4n) is 2.21. The van der Waals surface area contributed by atoms with Gasteiger partial charge in [-0.1, -0.05) is 37.9 Å². The third-order valence-electron chi connectivity index (χ3n) is 3.60. The van der Waals surface area contributed by atoms with E-state index in [4.69, 9.17) is 16.3 Å². The van der Waals surface area contributed by atoms with E-state index < -0.39 is 0 Å². The molecule has 130 valence electrons. The van der Waals surface area contributed by atoms with E-state index in [0.29, 0.717) is 36.2 Å². The van der Waals surface area contributed by atoms with Crippen LogP contribution in [0.2, 0.25) is 5.02 Å². The highest BCUT2D eigenvalue weighted by Crippen LogP contribution is 2.20. The van der Waals surface area contributed by atoms with Crippen molar-refractivity contribution in [3.63, 3.8) is 0 Å². The number of carbonyl (C=O) groups is 1. The number of halogens is 1. The summed E-state index contributed by atoms with van der Waals surface area (Å²) >= 11 is 6.21. The lowest BCUT2D eigenvalue weighted by Gasteiger charge is -2.07. The molecule has 0 aliphatic carbocycles. The first kappa shape index (κ1) is 18.3. The summed E-state index contributed by atoms with van der Waals surface area (Å²) in [6.45, 7) is 5.09. The first-order chi connectivity index (χ1) is 11.6. The van der Waals surface area contributed by atoms with E-state index >= 15 is 0 Å². The molecule has 2 rings (SSSR count). The summed E-state index contributed by atoms with van der Waals surface area (Å²) in [5.74, 6) is 0.346. The van der Waals surface area contributed by atoms with E-state index in [1.165, 1.54) is 4.68 Å². The van der Waals surface area contributed by atoms with Gasteiger partial charge >= 0.3 is 0 Å². The van der Waals surface area contributed by atoms with Crippen molar-refractivity contribution in [1.29, 1.82) is 0 Å². The van der Waals surface area contributed by atoms with Gasteiger partial charge in [-0.15, -0.1) is 0 Å². The second-order valence-electron chi connectivity index (χ2n) is 5.48. The standard InChI is InChI=1S/C17H23ClN4O2/c1-4-6-9-24-14-8-7-12(10-19-14)11-20-17(23)16-15(18)13(5-2)21-22(16)3/h7-8,10H,4-6,9,11H2,1-3H3,(H,20,23). The number of nitrogens with zero attached hydrogens (tertiary/aromatic N) is 3. The fraction of sp³-hybridized carbons (Fsp3) is 0.471. The Hall–Kier alpha value is -2.08. The summed E-state index contributed by atoms with van der Waals surface area (Å²) in [7, 11) is 1.71. The smallest absolute Gasteiger partial charge is 0.271 e. The largest absolute Gasteiger partial charge is 0.478 e. The van der Waals surface area contributed by atoms with Crippen molar-refractivity contribution in [2.45, 2.75) is 39.7 Å². The highest BCUT2D eigenvalue weighted by molar-refractivity contribution is 6.34. The molecule has 24 heavy (non-hydrogen) atoms. The number of hydrogen-bond donors (Lipinski definition) is 1. The molecule has 6 nitrogen and oxygen atoms in total. The number of carbonyl (C=O) groups excluding carboxylic acids is 1. The Morgan fingerprint density at radius 1 is 1.38 bits per heavy atom. The number of pyridine rings is 1. The first-order valence-electron chi connectivity index (χ1n) is 8.14. The highest BCUT2D eigenvalue weighted by Gasteiger charge is 2.19. The van der Waals surface area contributed by atoms with Gasteiger partial charge in [0.05, 0.1) is 17.3 Å². The number of aryl methyl sites for hydroxylation is 2. The van der Waals surface area contributed by atoms with E-state index in [1.807, 2.05) is 19.1 Å². The summed E-state index contributed by atoms with van der Waals surface area (Å²) in [5.41, 5.74) is 1.99. The van der Waals surface area contributed by atoms with E-state index in [1.54, 1.807) is 13.2 Å². The third kappa shape index (κ3) is 4.47. The van der Waals surface area contributed by atoms with Crippen molar-refractivity contribution in [2.75, 3.05) is 6.61 Å². The minimum Gasteiger partial charge on any atom is -0.478 e. The monoisotopic (exact) mass is 350 g/mol. The van der Waals surface area contributed by atoms with Gasteiger partial charge < -0.3 is 10.1 Å². The molecular weight excluding hydrogens is 328 g/mol. The molecule has 0 fully saturated rings. The molecule has 0 spiro atoms. The van der Waals surface area contributed by atoms with Crippen LogP contribution in [-0.4, -0.2) is 27.3 Å². The maximum Gasteiger partial charge on any atom is 0.271 e. The number of unbranched alkanes of at least 4 members (excludes halogenated alkanes) is 1. The van der Waals surface area contributed by atoms with Gasteiger partial charge in [0.25, 0.3) is 5.91 Å². The molecule has 7 heteroatoms. The van der Waals surface area contributed by atoms with Crippen molar-refractivity contribution in [1.82, 2.24) is 20.1 Å². The number of nitrogens with one attached hydrogen (secondary N) is 1. The van der Waals surface area contributed by atoms with Gasteiger partial charge in [-0.05, 0) is 18.4 Å². The molecule has 0 saturated carbocycles. The molecular formula is C17H23ClN4O2. The molecule has 0 atom stereocenters. The summed E-state index contributed by atoms with van der Waals surface area (Å²) < 4.78 is 7.03. The van der Waals surface area contributed by atoms with Crippen LogP contribution in [-0.2, 0) is 20.0 Å². The van der Waals surface area contributed by atoms with E-state index in [2.05, 4.69) is 22.3 Å². The molecule has 0 radical (unpaired) electrons. The summed E-state index contributed by atoms with van der Waals surface area (Å²) in [6, 6.07) is 3.69. The lowest BCUT2D eigenvalue weighted by atomic mass is 10.2. The maximum absolute atomic E-state index is 12.3. The number of amides is 1. The van der Waals surface area contributed by atoms with Gasteiger partial charge in [-0.3, -0.25) is 9.48 Å². The lowest BCUT2D eigenvalue weighted by molar-refractivity contribution is 0.0941. The molecule has 2 aromatic rings. The van der Waals surface area contributed by atoms with Crippen molar-refractivity contribution in [3.8, 4) is 5.88 Å². The lowest BCUT2D eigenvalue weighted by Crippen LogP contribution is -2.25. The summed E-state index contributed by atoms with van der Waals surface area (Å²) in [5, 5.41) is 7.50. The SMILES string of the molecule is CCCCOc1ccc(CNC(=O)c2c(Cl)c(CC)nn2C)cn1. The first-order valence-corrected chi connectivity index (χ1v) is 8.51. The quantitative estimate of drug-likeness (QED) is 0.742. The van der Waals surface area contributed by atoms with Gasteiger partial charge in [0.2, 0.25) is 5.88 Å². The molecule has 0 aromatic carbocycles. The minimum atomic E-state index is -0.252. The van der Waals surface area contributed by atoms with Crippen molar-refractivity contribution >= 4 is 17.5 Å². The molecule has 0 aliphatic heterocycles. The number of rotatable bonds is 8. The van der Waals surface area contributed by atoms with Gasteiger partial charge in [0.1, 0.15) is 5.69 Å². The molecule has 0 bridgehead atoms. The highest BCUT2D eigenvalue weighted by atomic mass is 35.5. The number of aromatic nitrogens is 3. The molecule has 1 amide bonds. The van der Waals surface area contributed by atoms with Crippen LogP contribution in [0.15, 0.2) is 18.3 Å². The molecule has 0 aliphatic rings. The van der Waals surface area contributed by atoms with Crippen LogP contribution in [0, 0.1) is 0 Å². The van der Waals surface area contributed by atoms with Gasteiger partial charge in [0.15, 0.2) is 0 Å². The molecule has 0 saturated heterocycles. The molecule has 1 N–H and O–H groups in total. The van der Waals surface area contributed by atoms with E-state index in [9.17, 15) is 4.79 Å². The van der Waals surface area contributed by atoms with Crippen molar-refractivity contribution < 1.29 is 9.53 Å². The van der Waals surface area contributed by atoms with Crippen molar-refractivity contribution in [2.24, 2.45) is 7.05 Å². The zero-order valence-electron chi connectivity index (χ0n) is 14.3. The van der Waals surface area contributed by atoms with Crippen LogP contribution in [0.1, 0.15) is 48.4 Å². The Bertz CT molecular complexity index is 683. The van der Waals surface area contributed by atoms with Crippen LogP contribution in [0.25, 0.3) is 0 Å². The Kier molecular flexibility index (Phi) is 6.61. The van der Waals surface area contributed by atoms with Crippen LogP contribution in [0.3, 0.4) is 0 Å². The van der Waals surface area contributed by atoms with E-state index in [0.717, 1.165) is 24.1 Å². The van der Waals surface area contributed by atoms with Crippen LogP contribution >= 0.6 is 11.6 Å².